The summed E-state index contributed by atoms with van der Waals surface area (Å²) in [5.74, 6) is 1.69. The van der Waals surface area contributed by atoms with Crippen molar-refractivity contribution in [3.8, 4) is 11.5 Å². The summed E-state index contributed by atoms with van der Waals surface area (Å²) in [6.07, 6.45) is 2.56. The van der Waals surface area contributed by atoms with Crippen LogP contribution in [0, 0.1) is 0 Å². The SMILES string of the molecule is CCCOc1ccc(OCCCC(C)(N)CO)cc1. The molecule has 19 heavy (non-hydrogen) atoms. The van der Waals surface area contributed by atoms with Gasteiger partial charge in [0.1, 0.15) is 11.5 Å². The van der Waals surface area contributed by atoms with Crippen molar-refractivity contribution in [2.24, 2.45) is 5.73 Å². The zero-order valence-electron chi connectivity index (χ0n) is 11.9. The lowest BCUT2D eigenvalue weighted by molar-refractivity contribution is 0.188. The Balaban J connectivity index is 2.26. The number of benzene rings is 1. The maximum absolute atomic E-state index is 9.03. The smallest absolute Gasteiger partial charge is 0.119 e. The molecule has 0 aliphatic heterocycles. The van der Waals surface area contributed by atoms with Gasteiger partial charge in [-0.3, -0.25) is 0 Å². The molecule has 0 aromatic heterocycles. The van der Waals surface area contributed by atoms with Crippen molar-refractivity contribution in [3.05, 3.63) is 24.3 Å². The van der Waals surface area contributed by atoms with Gasteiger partial charge in [-0.15, -0.1) is 0 Å². The van der Waals surface area contributed by atoms with Crippen LogP contribution >= 0.6 is 0 Å². The fourth-order valence-corrected chi connectivity index (χ4v) is 1.60. The normalized spacial score (nSPS) is 13.9. The molecule has 3 N–H and O–H groups in total. The van der Waals surface area contributed by atoms with Crippen LogP contribution in [-0.2, 0) is 0 Å². The zero-order chi connectivity index (χ0) is 14.1. The van der Waals surface area contributed by atoms with E-state index < -0.39 is 5.54 Å². The number of aliphatic hydroxyl groups excluding tert-OH is 1. The van der Waals surface area contributed by atoms with E-state index in [9.17, 15) is 0 Å². The molecule has 0 radical (unpaired) electrons. The molecule has 0 bridgehead atoms. The average Bonchev–Trinajstić information content (AvgIpc) is 2.42. The van der Waals surface area contributed by atoms with E-state index in [-0.39, 0.29) is 6.61 Å². The van der Waals surface area contributed by atoms with Gasteiger partial charge in [0.15, 0.2) is 0 Å². The minimum Gasteiger partial charge on any atom is -0.494 e. The van der Waals surface area contributed by atoms with E-state index in [4.69, 9.17) is 20.3 Å². The van der Waals surface area contributed by atoms with Gasteiger partial charge in [-0.2, -0.15) is 0 Å². The molecule has 108 valence electrons. The van der Waals surface area contributed by atoms with Crippen LogP contribution in [0.4, 0.5) is 0 Å². The predicted molar refractivity (Wildman–Crippen MR) is 76.6 cm³/mol. The average molecular weight is 267 g/mol. The molecule has 0 aliphatic rings. The Labute approximate surface area is 115 Å². The Morgan fingerprint density at radius 2 is 1.63 bits per heavy atom. The van der Waals surface area contributed by atoms with Gasteiger partial charge in [0.2, 0.25) is 0 Å². The maximum atomic E-state index is 9.03. The Kier molecular flexibility index (Phi) is 6.67. The Morgan fingerprint density at radius 1 is 1.11 bits per heavy atom. The molecule has 0 amide bonds. The maximum Gasteiger partial charge on any atom is 0.119 e. The second kappa shape index (κ2) is 8.02. The van der Waals surface area contributed by atoms with Gasteiger partial charge in [-0.25, -0.2) is 0 Å². The van der Waals surface area contributed by atoms with Crippen LogP contribution in [0.1, 0.15) is 33.1 Å². The summed E-state index contributed by atoms with van der Waals surface area (Å²) in [6, 6.07) is 7.62. The van der Waals surface area contributed by atoms with E-state index in [1.165, 1.54) is 0 Å². The fraction of sp³-hybridized carbons (Fsp3) is 0.600. The molecule has 1 rings (SSSR count). The minimum absolute atomic E-state index is 0.00351. The lowest BCUT2D eigenvalue weighted by atomic mass is 9.99. The van der Waals surface area contributed by atoms with E-state index in [1.54, 1.807) is 0 Å². The first kappa shape index (κ1) is 15.8. The highest BCUT2D eigenvalue weighted by atomic mass is 16.5. The third-order valence-corrected chi connectivity index (χ3v) is 2.82. The first-order chi connectivity index (χ1) is 9.07. The van der Waals surface area contributed by atoms with Gasteiger partial charge < -0.3 is 20.3 Å². The standard InChI is InChI=1S/C15H25NO3/c1-3-10-18-13-5-7-14(8-6-13)19-11-4-9-15(2,16)12-17/h5-8,17H,3-4,9-12,16H2,1-2H3. The third kappa shape index (κ3) is 6.45. The van der Waals surface area contributed by atoms with Crippen LogP contribution in [0.25, 0.3) is 0 Å². The van der Waals surface area contributed by atoms with Gasteiger partial charge >= 0.3 is 0 Å². The van der Waals surface area contributed by atoms with Crippen molar-refractivity contribution in [3.63, 3.8) is 0 Å². The second-order valence-corrected chi connectivity index (χ2v) is 5.08. The number of aliphatic hydroxyl groups is 1. The molecule has 1 aromatic carbocycles. The number of nitrogens with two attached hydrogens (primary N) is 1. The molecule has 0 aliphatic carbocycles. The van der Waals surface area contributed by atoms with E-state index in [1.807, 2.05) is 31.2 Å². The summed E-state index contributed by atoms with van der Waals surface area (Å²) in [7, 11) is 0. The van der Waals surface area contributed by atoms with Gasteiger partial charge in [-0.1, -0.05) is 6.92 Å². The number of hydrogen-bond donors (Lipinski definition) is 2. The van der Waals surface area contributed by atoms with Gasteiger partial charge in [0.05, 0.1) is 19.8 Å². The molecule has 0 heterocycles. The summed E-state index contributed by atoms with van der Waals surface area (Å²) in [6.45, 7) is 5.25. The highest BCUT2D eigenvalue weighted by molar-refractivity contribution is 5.31. The molecule has 0 fully saturated rings. The first-order valence-electron chi connectivity index (χ1n) is 6.83. The molecule has 1 aromatic rings. The van der Waals surface area contributed by atoms with Crippen LogP contribution in [-0.4, -0.2) is 30.5 Å². The summed E-state index contributed by atoms with van der Waals surface area (Å²) in [4.78, 5) is 0. The molecule has 0 saturated heterocycles. The lowest BCUT2D eigenvalue weighted by Crippen LogP contribution is -2.40. The largest absolute Gasteiger partial charge is 0.494 e. The third-order valence-electron chi connectivity index (χ3n) is 2.82. The van der Waals surface area contributed by atoms with E-state index in [0.29, 0.717) is 6.61 Å². The van der Waals surface area contributed by atoms with Gasteiger partial charge in [-0.05, 0) is 50.5 Å². The van der Waals surface area contributed by atoms with Crippen molar-refractivity contribution in [1.29, 1.82) is 0 Å². The van der Waals surface area contributed by atoms with Crippen LogP contribution < -0.4 is 15.2 Å². The lowest BCUT2D eigenvalue weighted by Gasteiger charge is -2.21. The molecule has 0 spiro atoms. The monoisotopic (exact) mass is 267 g/mol. The molecule has 1 unspecified atom stereocenters. The summed E-state index contributed by atoms with van der Waals surface area (Å²) < 4.78 is 11.1. The molecular weight excluding hydrogens is 242 g/mol. The molecule has 4 heteroatoms. The van der Waals surface area contributed by atoms with Crippen molar-refractivity contribution in [2.75, 3.05) is 19.8 Å². The zero-order valence-corrected chi connectivity index (χ0v) is 11.9. The topological polar surface area (TPSA) is 64.7 Å². The number of hydrogen-bond acceptors (Lipinski definition) is 4. The van der Waals surface area contributed by atoms with Gasteiger partial charge in [0.25, 0.3) is 0 Å². The number of ether oxygens (including phenoxy) is 2. The summed E-state index contributed by atoms with van der Waals surface area (Å²) >= 11 is 0. The van der Waals surface area contributed by atoms with Crippen LogP contribution in [0.5, 0.6) is 11.5 Å². The molecule has 0 saturated carbocycles. The Bertz CT molecular complexity index is 349. The second-order valence-electron chi connectivity index (χ2n) is 5.08. The van der Waals surface area contributed by atoms with Crippen molar-refractivity contribution in [1.82, 2.24) is 0 Å². The summed E-state index contributed by atoms with van der Waals surface area (Å²) in [5.41, 5.74) is 5.33. The van der Waals surface area contributed by atoms with Crippen LogP contribution in [0.2, 0.25) is 0 Å². The fourth-order valence-electron chi connectivity index (χ4n) is 1.60. The highest BCUT2D eigenvalue weighted by Crippen LogP contribution is 2.18. The first-order valence-corrected chi connectivity index (χ1v) is 6.83. The predicted octanol–water partition coefficient (Wildman–Crippen LogP) is 2.34. The quantitative estimate of drug-likeness (QED) is 0.674. The van der Waals surface area contributed by atoms with Crippen molar-refractivity contribution < 1.29 is 14.6 Å². The van der Waals surface area contributed by atoms with Crippen LogP contribution in [0.15, 0.2) is 24.3 Å². The molecular formula is C15H25NO3. The highest BCUT2D eigenvalue weighted by Gasteiger charge is 2.15. The van der Waals surface area contributed by atoms with E-state index in [0.717, 1.165) is 37.4 Å². The molecule has 4 nitrogen and oxygen atoms in total. The van der Waals surface area contributed by atoms with Gasteiger partial charge in [0, 0.05) is 5.54 Å². The van der Waals surface area contributed by atoms with Crippen molar-refractivity contribution in [2.45, 2.75) is 38.6 Å². The molecule has 1 atom stereocenters. The Hall–Kier alpha value is -1.26. The van der Waals surface area contributed by atoms with Crippen LogP contribution in [0.3, 0.4) is 0 Å². The Morgan fingerprint density at radius 3 is 2.11 bits per heavy atom. The number of rotatable bonds is 9. The van der Waals surface area contributed by atoms with Crippen molar-refractivity contribution >= 4 is 0 Å². The summed E-state index contributed by atoms with van der Waals surface area (Å²) in [5, 5.41) is 9.03. The van der Waals surface area contributed by atoms with E-state index >= 15 is 0 Å². The van der Waals surface area contributed by atoms with E-state index in [2.05, 4.69) is 6.92 Å². The minimum atomic E-state index is -0.513.